The first-order valence-corrected chi connectivity index (χ1v) is 23.4. The summed E-state index contributed by atoms with van der Waals surface area (Å²) in [6.45, 7) is 4.48. The van der Waals surface area contributed by atoms with Gasteiger partial charge in [-0.25, -0.2) is 0 Å². The van der Waals surface area contributed by atoms with Crippen LogP contribution in [0.5, 0.6) is 0 Å². The summed E-state index contributed by atoms with van der Waals surface area (Å²) in [5.41, 5.74) is 8.20. The third kappa shape index (κ3) is 8.17. The van der Waals surface area contributed by atoms with Crippen LogP contribution < -0.4 is 4.90 Å². The molecule has 0 saturated heterocycles. The van der Waals surface area contributed by atoms with Crippen molar-refractivity contribution in [3.63, 3.8) is 0 Å². The van der Waals surface area contributed by atoms with E-state index in [4.69, 9.17) is 11.6 Å². The fraction of sp³-hybridized carbons (Fsp3) is 0.370. The van der Waals surface area contributed by atoms with Crippen LogP contribution in [0.3, 0.4) is 0 Å². The van der Waals surface area contributed by atoms with Crippen molar-refractivity contribution in [2.24, 2.45) is 0 Å². The van der Waals surface area contributed by atoms with Crippen LogP contribution in [0, 0.1) is 0 Å². The zero-order valence-electron chi connectivity index (χ0n) is 33.1. The highest BCUT2D eigenvalue weighted by Crippen LogP contribution is 2.53. The largest absolute Gasteiger partial charge is 0.347 e. The number of unbranched alkanes of at least 4 members (excludes halogenated alkanes) is 2. The van der Waals surface area contributed by atoms with Crippen molar-refractivity contribution in [3.8, 4) is 0 Å². The molecular formula is C46H52ClN2O6S2+. The van der Waals surface area contributed by atoms with Crippen LogP contribution >= 0.6 is 11.6 Å². The summed E-state index contributed by atoms with van der Waals surface area (Å²) in [5.74, 6) is -0.516. The molecule has 4 aromatic rings. The second-order valence-corrected chi connectivity index (χ2v) is 19.8. The lowest BCUT2D eigenvalue weighted by atomic mass is 9.73. The number of rotatable bonds is 13. The Balaban J connectivity index is 1.23. The minimum atomic E-state index is -4.04. The van der Waals surface area contributed by atoms with Crippen LogP contribution in [0.15, 0.2) is 119 Å². The molecule has 300 valence electrons. The average Bonchev–Trinajstić information content (AvgIpc) is 3.52. The van der Waals surface area contributed by atoms with Crippen LogP contribution in [0.4, 0.5) is 11.4 Å². The van der Waals surface area contributed by atoms with E-state index in [0.717, 1.165) is 69.0 Å². The van der Waals surface area contributed by atoms with Gasteiger partial charge in [-0.2, -0.15) is 21.4 Å². The van der Waals surface area contributed by atoms with Crippen molar-refractivity contribution in [2.45, 2.75) is 82.5 Å². The van der Waals surface area contributed by atoms with Crippen molar-refractivity contribution in [1.29, 1.82) is 0 Å². The van der Waals surface area contributed by atoms with E-state index in [1.165, 1.54) is 21.9 Å². The summed E-state index contributed by atoms with van der Waals surface area (Å²) in [6, 6.07) is 25.4. The predicted octanol–water partition coefficient (Wildman–Crippen LogP) is 10.5. The highest BCUT2D eigenvalue weighted by Gasteiger charge is 2.47. The molecule has 0 saturated carbocycles. The third-order valence-electron chi connectivity index (χ3n) is 12.5. The summed E-state index contributed by atoms with van der Waals surface area (Å²) in [5, 5.41) is 5.40. The Bertz CT molecular complexity index is 2640. The van der Waals surface area contributed by atoms with Gasteiger partial charge in [0.2, 0.25) is 5.69 Å². The molecule has 7 rings (SSSR count). The van der Waals surface area contributed by atoms with E-state index in [0.29, 0.717) is 38.5 Å². The van der Waals surface area contributed by atoms with Crippen LogP contribution in [0.2, 0.25) is 0 Å². The third-order valence-corrected chi connectivity index (χ3v) is 14.6. The van der Waals surface area contributed by atoms with Gasteiger partial charge in [-0.3, -0.25) is 9.11 Å². The minimum Gasteiger partial charge on any atom is -0.347 e. The van der Waals surface area contributed by atoms with Crippen molar-refractivity contribution in [3.05, 3.63) is 130 Å². The Hall–Kier alpha value is -4.06. The number of allylic oxidation sites excluding steroid dienone is 8. The highest BCUT2D eigenvalue weighted by atomic mass is 35.5. The molecule has 0 spiro atoms. The van der Waals surface area contributed by atoms with Gasteiger partial charge in [-0.1, -0.05) is 91.2 Å². The molecule has 0 radical (unpaired) electrons. The molecule has 57 heavy (non-hydrogen) atoms. The molecule has 0 aromatic heterocycles. The van der Waals surface area contributed by atoms with Gasteiger partial charge in [0.05, 0.1) is 16.9 Å². The van der Waals surface area contributed by atoms with Crippen LogP contribution in [0.1, 0.15) is 82.8 Å². The lowest BCUT2D eigenvalue weighted by Crippen LogP contribution is -2.31. The molecule has 1 aliphatic carbocycles. The maximum Gasteiger partial charge on any atom is 0.264 e. The maximum absolute atomic E-state index is 11.6. The summed E-state index contributed by atoms with van der Waals surface area (Å²) < 4.78 is 67.3. The first kappa shape index (κ1) is 41.1. The predicted molar refractivity (Wildman–Crippen MR) is 234 cm³/mol. The topological polar surface area (TPSA) is 115 Å². The van der Waals surface area contributed by atoms with Gasteiger partial charge in [0, 0.05) is 46.6 Å². The summed E-state index contributed by atoms with van der Waals surface area (Å²) in [6.07, 6.45) is 14.7. The van der Waals surface area contributed by atoms with Gasteiger partial charge >= 0.3 is 0 Å². The van der Waals surface area contributed by atoms with E-state index in [9.17, 15) is 25.9 Å². The number of likely N-dealkylation sites (N-methyl/N-ethyl adjacent to an activating group) is 1. The number of anilines is 1. The number of hydrogen-bond donors (Lipinski definition) is 2. The Morgan fingerprint density at radius 1 is 0.737 bits per heavy atom. The van der Waals surface area contributed by atoms with Crippen molar-refractivity contribution in [2.75, 3.05) is 30.5 Å². The van der Waals surface area contributed by atoms with Gasteiger partial charge in [-0.15, -0.1) is 0 Å². The molecule has 11 heteroatoms. The van der Waals surface area contributed by atoms with Gasteiger partial charge in [-0.05, 0) is 115 Å². The second kappa shape index (κ2) is 15.9. The molecule has 4 aromatic carbocycles. The number of nitrogens with zero attached hydrogens (tertiary/aromatic N) is 2. The first-order valence-electron chi connectivity index (χ1n) is 19.8. The smallest absolute Gasteiger partial charge is 0.264 e. The Labute approximate surface area is 342 Å². The first-order chi connectivity index (χ1) is 27.0. The molecule has 0 amide bonds. The molecule has 2 N–H and O–H groups in total. The van der Waals surface area contributed by atoms with Crippen molar-refractivity contribution in [1.82, 2.24) is 0 Å². The van der Waals surface area contributed by atoms with E-state index >= 15 is 0 Å². The Morgan fingerprint density at radius 3 is 1.95 bits per heavy atom. The molecular weight excluding hydrogens is 776 g/mol. The number of hydrogen-bond acceptors (Lipinski definition) is 5. The fourth-order valence-corrected chi connectivity index (χ4v) is 11.1. The van der Waals surface area contributed by atoms with E-state index in [-0.39, 0.29) is 11.5 Å². The zero-order chi connectivity index (χ0) is 40.8. The van der Waals surface area contributed by atoms with E-state index in [1.807, 2.05) is 12.1 Å². The van der Waals surface area contributed by atoms with Crippen molar-refractivity contribution < 1.29 is 30.5 Å². The molecule has 2 atom stereocenters. The lowest BCUT2D eigenvalue weighted by Gasteiger charge is -2.29. The molecule has 2 heterocycles. The van der Waals surface area contributed by atoms with Crippen LogP contribution in [-0.4, -0.2) is 61.8 Å². The molecule has 8 nitrogen and oxygen atoms in total. The van der Waals surface area contributed by atoms with E-state index in [1.54, 1.807) is 0 Å². The molecule has 2 aliphatic heterocycles. The number of halogens is 1. The van der Waals surface area contributed by atoms with E-state index < -0.39 is 31.1 Å². The summed E-state index contributed by atoms with van der Waals surface area (Å²) in [4.78, 5) is 2.24. The second-order valence-electron chi connectivity index (χ2n) is 16.3. The molecule has 3 aliphatic rings. The highest BCUT2D eigenvalue weighted by molar-refractivity contribution is 7.86. The zero-order valence-corrected chi connectivity index (χ0v) is 35.5. The van der Waals surface area contributed by atoms with Crippen LogP contribution in [-0.2, 0) is 31.1 Å². The number of benzene rings is 4. The quantitative estimate of drug-likeness (QED) is 0.0783. The minimum absolute atomic E-state index is 0.258. The SMILES string of the molecule is CN1C(=CC=C2CCCC(C=CC3=[N+](C)c4ccc5ccccc5c4C3(C)CCCCS(=O)(=O)O)=C2Cl)C(C)(CCCCS(=O)(=O)O)c2c1ccc1ccccc21. The molecule has 0 bridgehead atoms. The lowest BCUT2D eigenvalue weighted by molar-refractivity contribution is -0.401. The average molecular weight is 829 g/mol. The Kier molecular flexibility index (Phi) is 11.5. The normalized spacial score (nSPS) is 22.9. The molecule has 0 fully saturated rings. The fourth-order valence-electron chi connectivity index (χ4n) is 9.69. The van der Waals surface area contributed by atoms with Crippen molar-refractivity contribution >= 4 is 70.5 Å². The van der Waals surface area contributed by atoms with Gasteiger partial charge in [0.1, 0.15) is 7.05 Å². The maximum atomic E-state index is 11.6. The monoisotopic (exact) mass is 827 g/mol. The van der Waals surface area contributed by atoms with Gasteiger partial charge in [0.15, 0.2) is 5.71 Å². The van der Waals surface area contributed by atoms with Gasteiger partial charge < -0.3 is 4.90 Å². The standard InChI is InChI=1S/C46H51ClN2O6S2/c1-45(28-9-11-30-56(50,51)52)40(48(3)38-24-20-32-14-5-7-18-36(32)42(38)45)26-22-34-16-13-17-35(44(34)47)23-27-41-46(2,29-10-12-31-57(53,54)55)43-37-19-8-6-15-33(37)21-25-39(43)49(41)4/h5-8,14-15,18-27H,9-13,16-17,28-31H2,1-4H3,(H-,50,51,52,53,54,55)/p+1. The van der Waals surface area contributed by atoms with Crippen LogP contribution in [0.25, 0.3) is 21.5 Å². The summed E-state index contributed by atoms with van der Waals surface area (Å²) >= 11 is 7.29. The van der Waals surface area contributed by atoms with Gasteiger partial charge in [0.25, 0.3) is 20.2 Å². The number of fused-ring (bicyclic) bond motifs is 6. The Morgan fingerprint density at radius 2 is 1.32 bits per heavy atom. The van der Waals surface area contributed by atoms with E-state index in [2.05, 4.69) is 122 Å². The molecule has 2 unspecified atom stereocenters. The summed E-state index contributed by atoms with van der Waals surface area (Å²) in [7, 11) is -3.91.